The number of ether oxygens (including phenoxy) is 1. The van der Waals surface area contributed by atoms with Crippen molar-refractivity contribution in [1.82, 2.24) is 9.78 Å². The SMILES string of the molecule is CCON=C(COc1cc(C(F)(F)F)nn1C)c1cc(F)c(F)c(F)c1. The van der Waals surface area contributed by atoms with Crippen LogP contribution in [-0.4, -0.2) is 28.7 Å². The maximum atomic E-state index is 13.4. The summed E-state index contributed by atoms with van der Waals surface area (Å²) in [7, 11) is 1.22. The molecule has 11 heteroatoms. The molecule has 26 heavy (non-hydrogen) atoms. The van der Waals surface area contributed by atoms with Gasteiger partial charge in [0.1, 0.15) is 18.9 Å². The van der Waals surface area contributed by atoms with E-state index in [4.69, 9.17) is 9.57 Å². The molecule has 1 aromatic carbocycles. The van der Waals surface area contributed by atoms with Crippen molar-refractivity contribution < 1.29 is 35.9 Å². The molecule has 142 valence electrons. The summed E-state index contributed by atoms with van der Waals surface area (Å²) in [6, 6.07) is 2.00. The molecule has 0 unspecified atom stereocenters. The average Bonchev–Trinajstić information content (AvgIpc) is 2.93. The number of hydrogen-bond acceptors (Lipinski definition) is 4. The lowest BCUT2D eigenvalue weighted by molar-refractivity contribution is -0.141. The molecule has 0 atom stereocenters. The average molecular weight is 381 g/mol. The van der Waals surface area contributed by atoms with Crippen molar-refractivity contribution in [2.24, 2.45) is 12.2 Å². The van der Waals surface area contributed by atoms with E-state index in [1.54, 1.807) is 6.92 Å². The highest BCUT2D eigenvalue weighted by Crippen LogP contribution is 2.30. The van der Waals surface area contributed by atoms with Gasteiger partial charge in [-0.15, -0.1) is 0 Å². The van der Waals surface area contributed by atoms with Crippen LogP contribution >= 0.6 is 0 Å². The van der Waals surface area contributed by atoms with Crippen molar-refractivity contribution in [3.05, 3.63) is 46.9 Å². The van der Waals surface area contributed by atoms with Crippen molar-refractivity contribution in [1.29, 1.82) is 0 Å². The maximum absolute atomic E-state index is 13.4. The molecule has 5 nitrogen and oxygen atoms in total. The van der Waals surface area contributed by atoms with Gasteiger partial charge in [0.2, 0.25) is 5.88 Å². The van der Waals surface area contributed by atoms with Gasteiger partial charge in [0.25, 0.3) is 0 Å². The van der Waals surface area contributed by atoms with Crippen LogP contribution in [0.3, 0.4) is 0 Å². The Hall–Kier alpha value is -2.72. The van der Waals surface area contributed by atoms with Crippen LogP contribution in [0.4, 0.5) is 26.3 Å². The Bertz CT molecular complexity index is 793. The van der Waals surface area contributed by atoms with E-state index in [9.17, 15) is 26.3 Å². The molecule has 1 aromatic heterocycles. The molecule has 0 N–H and O–H groups in total. The standard InChI is InChI=1S/C15H13F6N3O2/c1-3-26-23-11(8-4-9(16)14(18)10(17)5-8)7-25-13-6-12(15(19,20)21)22-24(13)2/h4-6H,3,7H2,1-2H3. The lowest BCUT2D eigenvalue weighted by atomic mass is 10.1. The molecule has 0 aliphatic heterocycles. The third-order valence-electron chi connectivity index (χ3n) is 3.10. The first-order valence-corrected chi connectivity index (χ1v) is 7.21. The number of alkyl halides is 3. The van der Waals surface area contributed by atoms with Crippen molar-refractivity contribution >= 4 is 5.71 Å². The molecule has 0 radical (unpaired) electrons. The van der Waals surface area contributed by atoms with Gasteiger partial charge in [-0.05, 0) is 19.1 Å². The Morgan fingerprint density at radius 1 is 1.15 bits per heavy atom. The number of aromatic nitrogens is 2. The van der Waals surface area contributed by atoms with Gasteiger partial charge in [-0.25, -0.2) is 17.9 Å². The number of aryl methyl sites for hydroxylation is 1. The minimum Gasteiger partial charge on any atom is -0.471 e. The highest BCUT2D eigenvalue weighted by atomic mass is 19.4. The molecule has 0 bridgehead atoms. The molecule has 0 amide bonds. The van der Waals surface area contributed by atoms with Crippen LogP contribution in [0, 0.1) is 17.5 Å². The van der Waals surface area contributed by atoms with Crippen LogP contribution in [0.15, 0.2) is 23.4 Å². The number of halogens is 6. The third kappa shape index (κ3) is 4.46. The van der Waals surface area contributed by atoms with E-state index in [1.807, 2.05) is 0 Å². The minimum atomic E-state index is -4.66. The summed E-state index contributed by atoms with van der Waals surface area (Å²) >= 11 is 0. The summed E-state index contributed by atoms with van der Waals surface area (Å²) in [5.74, 6) is -4.83. The summed E-state index contributed by atoms with van der Waals surface area (Å²) in [5.41, 5.74) is -1.51. The molecule has 0 saturated heterocycles. The molecule has 1 heterocycles. The summed E-state index contributed by atoms with van der Waals surface area (Å²) < 4.78 is 83.8. The van der Waals surface area contributed by atoms with Crippen molar-refractivity contribution in [2.75, 3.05) is 13.2 Å². The van der Waals surface area contributed by atoms with Crippen LogP contribution in [-0.2, 0) is 18.1 Å². The first-order valence-electron chi connectivity index (χ1n) is 7.21. The van der Waals surface area contributed by atoms with Crippen LogP contribution in [0.1, 0.15) is 18.2 Å². The number of oxime groups is 1. The highest BCUT2D eigenvalue weighted by molar-refractivity contribution is 6.01. The van der Waals surface area contributed by atoms with Gasteiger partial charge in [0, 0.05) is 18.7 Å². The molecular formula is C15H13F6N3O2. The Labute approximate surface area is 143 Å². The molecule has 0 fully saturated rings. The van der Waals surface area contributed by atoms with Crippen molar-refractivity contribution in [3.8, 4) is 5.88 Å². The van der Waals surface area contributed by atoms with Gasteiger partial charge < -0.3 is 9.57 Å². The van der Waals surface area contributed by atoms with Crippen molar-refractivity contribution in [3.63, 3.8) is 0 Å². The molecular weight excluding hydrogens is 368 g/mol. The largest absolute Gasteiger partial charge is 0.471 e. The topological polar surface area (TPSA) is 48.6 Å². The van der Waals surface area contributed by atoms with Gasteiger partial charge in [-0.3, -0.25) is 0 Å². The summed E-state index contributed by atoms with van der Waals surface area (Å²) in [6.45, 7) is 1.20. The maximum Gasteiger partial charge on any atom is 0.435 e. The fourth-order valence-electron chi connectivity index (χ4n) is 1.89. The summed E-state index contributed by atoms with van der Waals surface area (Å²) in [4.78, 5) is 4.81. The Kier molecular flexibility index (Phi) is 5.78. The van der Waals surface area contributed by atoms with Gasteiger partial charge in [0.15, 0.2) is 23.1 Å². The quantitative estimate of drug-likeness (QED) is 0.332. The van der Waals surface area contributed by atoms with E-state index in [0.29, 0.717) is 18.2 Å². The monoisotopic (exact) mass is 381 g/mol. The Morgan fingerprint density at radius 2 is 1.77 bits per heavy atom. The van der Waals surface area contributed by atoms with Crippen LogP contribution in [0.5, 0.6) is 5.88 Å². The molecule has 0 spiro atoms. The Morgan fingerprint density at radius 3 is 2.27 bits per heavy atom. The lowest BCUT2D eigenvalue weighted by Crippen LogP contribution is -2.16. The predicted octanol–water partition coefficient (Wildman–Crippen LogP) is 3.68. The second-order valence-corrected chi connectivity index (χ2v) is 4.99. The van der Waals surface area contributed by atoms with Crippen LogP contribution in [0.25, 0.3) is 0 Å². The lowest BCUT2D eigenvalue weighted by Gasteiger charge is -2.10. The van der Waals surface area contributed by atoms with E-state index in [2.05, 4.69) is 10.3 Å². The van der Waals surface area contributed by atoms with Gasteiger partial charge in [0.05, 0.1) is 0 Å². The molecule has 2 rings (SSSR count). The molecule has 0 aliphatic carbocycles. The smallest absolute Gasteiger partial charge is 0.435 e. The van der Waals surface area contributed by atoms with Gasteiger partial charge >= 0.3 is 6.18 Å². The van der Waals surface area contributed by atoms with E-state index in [1.165, 1.54) is 7.05 Å². The highest BCUT2D eigenvalue weighted by Gasteiger charge is 2.35. The third-order valence-corrected chi connectivity index (χ3v) is 3.10. The first-order chi connectivity index (χ1) is 12.1. The van der Waals surface area contributed by atoms with Crippen LogP contribution < -0.4 is 4.74 Å². The molecule has 2 aromatic rings. The second-order valence-electron chi connectivity index (χ2n) is 4.99. The van der Waals surface area contributed by atoms with E-state index in [-0.39, 0.29) is 23.8 Å². The number of hydrogen-bond donors (Lipinski definition) is 0. The van der Waals surface area contributed by atoms with Crippen LogP contribution in [0.2, 0.25) is 0 Å². The van der Waals surface area contributed by atoms with Gasteiger partial charge in [-0.1, -0.05) is 5.16 Å². The first kappa shape index (κ1) is 19.6. The summed E-state index contributed by atoms with van der Waals surface area (Å²) in [6.07, 6.45) is -4.66. The molecule has 0 saturated carbocycles. The second kappa shape index (κ2) is 7.67. The predicted molar refractivity (Wildman–Crippen MR) is 78.2 cm³/mol. The fraction of sp³-hybridized carbons (Fsp3) is 0.333. The minimum absolute atomic E-state index is 0.111. The Balaban J connectivity index is 2.26. The van der Waals surface area contributed by atoms with E-state index >= 15 is 0 Å². The molecule has 0 aliphatic rings. The number of rotatable bonds is 6. The van der Waals surface area contributed by atoms with E-state index in [0.717, 1.165) is 4.68 Å². The zero-order valence-electron chi connectivity index (χ0n) is 13.6. The number of benzene rings is 1. The van der Waals surface area contributed by atoms with Crippen molar-refractivity contribution in [2.45, 2.75) is 13.1 Å². The van der Waals surface area contributed by atoms with E-state index < -0.39 is 35.9 Å². The summed E-state index contributed by atoms with van der Waals surface area (Å²) in [5, 5.41) is 6.87. The number of nitrogens with zero attached hydrogens (tertiary/aromatic N) is 3. The zero-order valence-corrected chi connectivity index (χ0v) is 13.6. The van der Waals surface area contributed by atoms with Gasteiger partial charge in [-0.2, -0.15) is 18.3 Å². The normalized spacial score (nSPS) is 12.4. The fourth-order valence-corrected chi connectivity index (χ4v) is 1.89. The zero-order chi connectivity index (χ0) is 19.5.